The molecule has 0 aromatic heterocycles. The van der Waals surface area contributed by atoms with Crippen molar-refractivity contribution in [3.8, 4) is 0 Å². The first kappa shape index (κ1) is 17.2. The second-order valence-corrected chi connectivity index (χ2v) is 5.76. The van der Waals surface area contributed by atoms with Crippen molar-refractivity contribution in [1.29, 1.82) is 0 Å². The first-order valence-corrected chi connectivity index (χ1v) is 8.22. The number of carbonyl (C=O) groups excluding carboxylic acids is 2. The minimum Gasteiger partial charge on any atom is -0.320 e. The molecule has 0 unspecified atom stereocenters. The molecule has 3 N–H and O–H groups in total. The molecule has 3 aromatic carbocycles. The van der Waals surface area contributed by atoms with Crippen molar-refractivity contribution in [1.82, 2.24) is 0 Å². The third-order valence-electron chi connectivity index (χ3n) is 3.84. The molecule has 0 heterocycles. The van der Waals surface area contributed by atoms with Gasteiger partial charge in [-0.05, 0) is 42.8 Å². The Morgan fingerprint density at radius 2 is 1.23 bits per heavy atom. The van der Waals surface area contributed by atoms with Crippen molar-refractivity contribution in [2.45, 2.75) is 6.92 Å². The van der Waals surface area contributed by atoms with E-state index in [-0.39, 0.29) is 11.9 Å². The van der Waals surface area contributed by atoms with E-state index < -0.39 is 0 Å². The number of hydrogen-bond donors (Lipinski definition) is 3. The summed E-state index contributed by atoms with van der Waals surface area (Å²) in [5.74, 6) is -0.221. The van der Waals surface area contributed by atoms with Crippen LogP contribution in [0.5, 0.6) is 0 Å². The van der Waals surface area contributed by atoms with Crippen molar-refractivity contribution >= 4 is 29.0 Å². The summed E-state index contributed by atoms with van der Waals surface area (Å²) in [4.78, 5) is 24.7. The van der Waals surface area contributed by atoms with E-state index in [4.69, 9.17) is 0 Å². The Hall–Kier alpha value is -3.60. The summed E-state index contributed by atoms with van der Waals surface area (Å²) in [6.07, 6.45) is 0. The third-order valence-corrected chi connectivity index (χ3v) is 3.84. The first-order valence-electron chi connectivity index (χ1n) is 8.22. The third kappa shape index (κ3) is 4.27. The molecule has 130 valence electrons. The maximum Gasteiger partial charge on any atom is 0.323 e. The van der Waals surface area contributed by atoms with Crippen molar-refractivity contribution in [3.63, 3.8) is 0 Å². The Bertz CT molecular complexity index is 923. The average molecular weight is 345 g/mol. The maximum absolute atomic E-state index is 12.5. The number of benzene rings is 3. The lowest BCUT2D eigenvalue weighted by molar-refractivity contribution is 0.102. The van der Waals surface area contributed by atoms with Crippen LogP contribution in [-0.2, 0) is 0 Å². The van der Waals surface area contributed by atoms with Crippen molar-refractivity contribution in [3.05, 3.63) is 90.0 Å². The van der Waals surface area contributed by atoms with Crippen LogP contribution in [0.1, 0.15) is 15.9 Å². The number of anilines is 3. The van der Waals surface area contributed by atoms with Gasteiger partial charge in [-0.3, -0.25) is 4.79 Å². The molecule has 3 aromatic rings. The Morgan fingerprint density at radius 3 is 1.92 bits per heavy atom. The molecule has 26 heavy (non-hydrogen) atoms. The van der Waals surface area contributed by atoms with Gasteiger partial charge in [0.25, 0.3) is 5.91 Å². The molecule has 0 saturated heterocycles. The van der Waals surface area contributed by atoms with E-state index >= 15 is 0 Å². The predicted octanol–water partition coefficient (Wildman–Crippen LogP) is 4.89. The normalized spacial score (nSPS) is 10.0. The summed E-state index contributed by atoms with van der Waals surface area (Å²) < 4.78 is 0. The number of urea groups is 1. The molecular formula is C21H19N3O2. The van der Waals surface area contributed by atoms with Gasteiger partial charge in [-0.1, -0.05) is 48.5 Å². The summed E-state index contributed by atoms with van der Waals surface area (Å²) in [7, 11) is 0. The molecule has 0 spiro atoms. The summed E-state index contributed by atoms with van der Waals surface area (Å²) in [6, 6.07) is 23.2. The summed E-state index contributed by atoms with van der Waals surface area (Å²) >= 11 is 0. The zero-order valence-electron chi connectivity index (χ0n) is 14.3. The van der Waals surface area contributed by atoms with Gasteiger partial charge in [0.05, 0.1) is 11.4 Å². The number of para-hydroxylation sites is 3. The smallest absolute Gasteiger partial charge is 0.320 e. The van der Waals surface area contributed by atoms with Gasteiger partial charge >= 0.3 is 6.03 Å². The van der Waals surface area contributed by atoms with Gasteiger partial charge in [-0.15, -0.1) is 0 Å². The fourth-order valence-corrected chi connectivity index (χ4v) is 2.52. The van der Waals surface area contributed by atoms with E-state index in [1.165, 1.54) is 0 Å². The molecule has 0 aliphatic rings. The number of nitrogens with one attached hydrogen (secondary N) is 3. The van der Waals surface area contributed by atoms with Crippen LogP contribution in [0.15, 0.2) is 78.9 Å². The highest BCUT2D eigenvalue weighted by atomic mass is 16.2. The molecule has 3 rings (SSSR count). The van der Waals surface area contributed by atoms with Crippen LogP contribution in [0.25, 0.3) is 0 Å². The van der Waals surface area contributed by atoms with Crippen LogP contribution < -0.4 is 16.0 Å². The summed E-state index contributed by atoms with van der Waals surface area (Å²) in [5.41, 5.74) is 3.21. The molecule has 0 aliphatic carbocycles. The molecule has 0 saturated carbocycles. The van der Waals surface area contributed by atoms with E-state index in [1.54, 1.807) is 42.5 Å². The molecule has 0 radical (unpaired) electrons. The number of amides is 3. The average Bonchev–Trinajstić information content (AvgIpc) is 2.64. The predicted molar refractivity (Wildman–Crippen MR) is 105 cm³/mol. The molecule has 3 amide bonds. The molecular weight excluding hydrogens is 326 g/mol. The zero-order valence-corrected chi connectivity index (χ0v) is 14.3. The van der Waals surface area contributed by atoms with Gasteiger partial charge in [0.2, 0.25) is 0 Å². The van der Waals surface area contributed by atoms with Gasteiger partial charge in [-0.2, -0.15) is 0 Å². The lowest BCUT2D eigenvalue weighted by Crippen LogP contribution is -2.21. The van der Waals surface area contributed by atoms with Gasteiger partial charge in [0.1, 0.15) is 0 Å². The van der Waals surface area contributed by atoms with Crippen molar-refractivity contribution in [2.75, 3.05) is 16.0 Å². The van der Waals surface area contributed by atoms with Crippen LogP contribution in [0.4, 0.5) is 21.9 Å². The minimum atomic E-state index is -0.381. The molecule has 0 fully saturated rings. The quantitative estimate of drug-likeness (QED) is 0.630. The number of hydrogen-bond acceptors (Lipinski definition) is 2. The Balaban J connectivity index is 1.73. The molecule has 5 heteroatoms. The lowest BCUT2D eigenvalue weighted by Gasteiger charge is -2.13. The molecule has 0 aliphatic heterocycles. The molecule has 0 atom stereocenters. The Morgan fingerprint density at radius 1 is 0.654 bits per heavy atom. The fraction of sp³-hybridized carbons (Fsp3) is 0.0476. The highest BCUT2D eigenvalue weighted by Crippen LogP contribution is 2.22. The SMILES string of the molecule is Cc1ccccc1C(=O)Nc1ccccc1NC(=O)Nc1ccccc1. The Kier molecular flexibility index (Phi) is 5.29. The van der Waals surface area contributed by atoms with Crippen LogP contribution in [-0.4, -0.2) is 11.9 Å². The van der Waals surface area contributed by atoms with E-state index in [9.17, 15) is 9.59 Å². The van der Waals surface area contributed by atoms with Gasteiger partial charge in [0.15, 0.2) is 0 Å². The van der Waals surface area contributed by atoms with Gasteiger partial charge in [-0.25, -0.2) is 4.79 Å². The van der Waals surface area contributed by atoms with Gasteiger partial charge < -0.3 is 16.0 Å². The van der Waals surface area contributed by atoms with Gasteiger partial charge in [0, 0.05) is 11.3 Å². The van der Waals surface area contributed by atoms with Crippen LogP contribution in [0.2, 0.25) is 0 Å². The van der Waals surface area contributed by atoms with E-state index in [0.29, 0.717) is 22.6 Å². The minimum absolute atomic E-state index is 0.221. The standard InChI is InChI=1S/C21H19N3O2/c1-15-9-5-6-12-17(15)20(25)23-18-13-7-8-14-19(18)24-21(26)22-16-10-3-2-4-11-16/h2-14H,1H3,(H,23,25)(H2,22,24,26). The van der Waals surface area contributed by atoms with Crippen LogP contribution in [0, 0.1) is 6.92 Å². The monoisotopic (exact) mass is 345 g/mol. The molecule has 5 nitrogen and oxygen atoms in total. The van der Waals surface area contributed by atoms with E-state index in [2.05, 4.69) is 16.0 Å². The zero-order chi connectivity index (χ0) is 18.4. The second-order valence-electron chi connectivity index (χ2n) is 5.76. The van der Waals surface area contributed by atoms with Crippen LogP contribution in [0.3, 0.4) is 0 Å². The number of carbonyl (C=O) groups is 2. The summed E-state index contributed by atoms with van der Waals surface area (Å²) in [5, 5.41) is 8.37. The second kappa shape index (κ2) is 7.98. The number of aryl methyl sites for hydroxylation is 1. The number of rotatable bonds is 4. The van der Waals surface area contributed by atoms with E-state index in [0.717, 1.165) is 5.56 Å². The fourth-order valence-electron chi connectivity index (χ4n) is 2.52. The van der Waals surface area contributed by atoms with Crippen molar-refractivity contribution in [2.24, 2.45) is 0 Å². The van der Waals surface area contributed by atoms with Crippen molar-refractivity contribution < 1.29 is 9.59 Å². The largest absolute Gasteiger partial charge is 0.323 e. The lowest BCUT2D eigenvalue weighted by atomic mass is 10.1. The Labute approximate surface area is 152 Å². The highest BCUT2D eigenvalue weighted by Gasteiger charge is 2.12. The summed E-state index contributed by atoms with van der Waals surface area (Å²) in [6.45, 7) is 1.88. The van der Waals surface area contributed by atoms with Crippen LogP contribution >= 0.6 is 0 Å². The molecule has 0 bridgehead atoms. The first-order chi connectivity index (χ1) is 12.6. The highest BCUT2D eigenvalue weighted by molar-refractivity contribution is 6.09. The van der Waals surface area contributed by atoms with E-state index in [1.807, 2.05) is 43.3 Å². The maximum atomic E-state index is 12.5. The topological polar surface area (TPSA) is 70.2 Å².